The highest BCUT2D eigenvalue weighted by Crippen LogP contribution is 2.19. The van der Waals surface area contributed by atoms with Crippen LogP contribution in [-0.4, -0.2) is 81.4 Å². The number of aromatic nitrogens is 1. The highest BCUT2D eigenvalue weighted by Gasteiger charge is 2.30. The molecule has 0 radical (unpaired) electrons. The zero-order chi connectivity index (χ0) is 26.1. The second kappa shape index (κ2) is 12.8. The van der Waals surface area contributed by atoms with E-state index in [-0.39, 0.29) is 18.8 Å². The van der Waals surface area contributed by atoms with Gasteiger partial charge >= 0.3 is 5.97 Å². The number of fused-ring (bicyclic) bond motifs is 1. The highest BCUT2D eigenvalue weighted by molar-refractivity contribution is 5.95. The first-order valence-electron chi connectivity index (χ1n) is 11.2. The number of hydrogen-bond acceptors (Lipinski definition) is 7. The van der Waals surface area contributed by atoms with Crippen molar-refractivity contribution in [1.82, 2.24) is 20.9 Å². The van der Waals surface area contributed by atoms with Gasteiger partial charge in [-0.15, -0.1) is 0 Å². The molecule has 9 N–H and O–H groups in total. The van der Waals surface area contributed by atoms with Gasteiger partial charge in [0.2, 0.25) is 17.7 Å². The van der Waals surface area contributed by atoms with E-state index in [2.05, 4.69) is 20.9 Å². The number of H-pyrrole nitrogens is 1. The third-order valence-electron chi connectivity index (χ3n) is 5.40. The molecule has 12 heteroatoms. The van der Waals surface area contributed by atoms with Crippen molar-refractivity contribution < 1.29 is 34.5 Å². The second-order valence-corrected chi connectivity index (χ2v) is 8.69. The van der Waals surface area contributed by atoms with Gasteiger partial charge in [-0.1, -0.05) is 32.0 Å². The molecule has 0 saturated carbocycles. The fourth-order valence-electron chi connectivity index (χ4n) is 3.52. The molecule has 12 nitrogen and oxygen atoms in total. The summed E-state index contributed by atoms with van der Waals surface area (Å²) in [5.41, 5.74) is 7.09. The lowest BCUT2D eigenvalue weighted by Gasteiger charge is -2.24. The number of aliphatic hydroxyl groups is 2. The van der Waals surface area contributed by atoms with E-state index in [9.17, 15) is 34.5 Å². The Labute approximate surface area is 202 Å². The van der Waals surface area contributed by atoms with Crippen LogP contribution < -0.4 is 21.7 Å². The van der Waals surface area contributed by atoms with E-state index >= 15 is 0 Å². The van der Waals surface area contributed by atoms with E-state index in [0.717, 1.165) is 10.9 Å². The van der Waals surface area contributed by atoms with Crippen molar-refractivity contribution in [3.8, 4) is 0 Å². The van der Waals surface area contributed by atoms with Gasteiger partial charge in [0.1, 0.15) is 24.2 Å². The molecular formula is C23H33N5O7. The van der Waals surface area contributed by atoms with Gasteiger partial charge in [-0.25, -0.2) is 4.79 Å². The van der Waals surface area contributed by atoms with E-state index in [1.54, 1.807) is 20.0 Å². The molecular weight excluding hydrogens is 458 g/mol. The molecule has 0 aliphatic carbocycles. The molecule has 4 unspecified atom stereocenters. The zero-order valence-corrected chi connectivity index (χ0v) is 19.7. The SMILES string of the molecule is CC(C)CC(NC(=O)C(CO)NC(=O)C(Cc1c[nH]c2ccccc12)NC(=O)C(N)CO)C(=O)O. The van der Waals surface area contributed by atoms with E-state index in [4.69, 9.17) is 5.73 Å². The van der Waals surface area contributed by atoms with Crippen molar-refractivity contribution in [2.24, 2.45) is 11.7 Å². The van der Waals surface area contributed by atoms with E-state index in [0.29, 0.717) is 5.56 Å². The molecule has 3 amide bonds. The molecule has 0 spiro atoms. The van der Waals surface area contributed by atoms with Crippen molar-refractivity contribution in [2.45, 2.75) is 50.9 Å². The number of aromatic amines is 1. The summed E-state index contributed by atoms with van der Waals surface area (Å²) >= 11 is 0. The largest absolute Gasteiger partial charge is 0.480 e. The average Bonchev–Trinajstić information content (AvgIpc) is 3.23. The summed E-state index contributed by atoms with van der Waals surface area (Å²) in [6.07, 6.45) is 1.86. The molecule has 2 aromatic rings. The van der Waals surface area contributed by atoms with Crippen molar-refractivity contribution in [3.63, 3.8) is 0 Å². The summed E-state index contributed by atoms with van der Waals surface area (Å²) in [6.45, 7) is 2.15. The van der Waals surface area contributed by atoms with Crippen LogP contribution in [-0.2, 0) is 25.6 Å². The van der Waals surface area contributed by atoms with E-state index < -0.39 is 61.1 Å². The number of hydrogen-bond donors (Lipinski definition) is 8. The lowest BCUT2D eigenvalue weighted by Crippen LogP contribution is -2.58. The predicted molar refractivity (Wildman–Crippen MR) is 127 cm³/mol. The average molecular weight is 492 g/mol. The monoisotopic (exact) mass is 491 g/mol. The summed E-state index contributed by atoms with van der Waals surface area (Å²) in [5.74, 6) is -3.71. The highest BCUT2D eigenvalue weighted by atomic mass is 16.4. The van der Waals surface area contributed by atoms with Crippen LogP contribution in [0, 0.1) is 5.92 Å². The second-order valence-electron chi connectivity index (χ2n) is 8.69. The van der Waals surface area contributed by atoms with E-state index in [1.807, 2.05) is 24.3 Å². The van der Waals surface area contributed by atoms with Crippen LogP contribution in [0.2, 0.25) is 0 Å². The predicted octanol–water partition coefficient (Wildman–Crippen LogP) is -1.39. The molecule has 0 fully saturated rings. The Bertz CT molecular complexity index is 1040. The third kappa shape index (κ3) is 7.77. The number of carbonyl (C=O) groups excluding carboxylic acids is 3. The number of aliphatic carboxylic acids is 1. The molecule has 2 rings (SSSR count). The van der Waals surface area contributed by atoms with Gasteiger partial charge in [0.15, 0.2) is 0 Å². The maximum absolute atomic E-state index is 13.1. The molecule has 1 aromatic carbocycles. The minimum Gasteiger partial charge on any atom is -0.480 e. The maximum Gasteiger partial charge on any atom is 0.326 e. The number of carboxylic acid groups (broad SMARTS) is 1. The molecule has 0 aliphatic rings. The maximum atomic E-state index is 13.1. The molecule has 192 valence electrons. The first-order chi connectivity index (χ1) is 16.6. The smallest absolute Gasteiger partial charge is 0.326 e. The molecule has 1 aromatic heterocycles. The van der Waals surface area contributed by atoms with Crippen LogP contribution in [0.15, 0.2) is 30.5 Å². The summed E-state index contributed by atoms with van der Waals surface area (Å²) in [4.78, 5) is 52.5. The molecule has 0 aliphatic heterocycles. The quantitative estimate of drug-likeness (QED) is 0.167. The summed E-state index contributed by atoms with van der Waals surface area (Å²) in [6, 6.07) is 2.21. The first kappa shape index (κ1) is 27.8. The number of para-hydroxylation sites is 1. The van der Waals surface area contributed by atoms with Gasteiger partial charge in [-0.3, -0.25) is 14.4 Å². The summed E-state index contributed by atoms with van der Waals surface area (Å²) < 4.78 is 0. The number of rotatable bonds is 13. The van der Waals surface area contributed by atoms with Crippen molar-refractivity contribution in [2.75, 3.05) is 13.2 Å². The standard InChI is InChI=1S/C23H33N5O7/c1-12(2)7-18(23(34)35)27-22(33)19(11-30)28-21(32)17(26-20(31)15(24)10-29)8-13-9-25-16-6-4-3-5-14(13)16/h3-6,9,12,15,17-19,25,29-30H,7-8,10-11,24H2,1-2H3,(H,26,31)(H,27,33)(H,28,32)(H,34,35). The van der Waals surface area contributed by atoms with Crippen LogP contribution in [0.5, 0.6) is 0 Å². The molecule has 0 bridgehead atoms. The van der Waals surface area contributed by atoms with Crippen LogP contribution in [0.1, 0.15) is 25.8 Å². The van der Waals surface area contributed by atoms with Crippen LogP contribution >= 0.6 is 0 Å². The number of aliphatic hydroxyl groups excluding tert-OH is 2. The Balaban J connectivity index is 2.21. The van der Waals surface area contributed by atoms with Gasteiger partial charge < -0.3 is 42.0 Å². The fourth-order valence-corrected chi connectivity index (χ4v) is 3.52. The number of nitrogens with one attached hydrogen (secondary N) is 4. The van der Waals surface area contributed by atoms with Crippen LogP contribution in [0.4, 0.5) is 0 Å². The minimum absolute atomic E-state index is 0.0185. The Hall–Kier alpha value is -3.48. The van der Waals surface area contributed by atoms with Gasteiger partial charge in [0.05, 0.1) is 13.2 Å². The fraction of sp³-hybridized carbons (Fsp3) is 0.478. The number of benzene rings is 1. The number of amides is 3. The van der Waals surface area contributed by atoms with Gasteiger partial charge in [0.25, 0.3) is 0 Å². The van der Waals surface area contributed by atoms with Crippen LogP contribution in [0.3, 0.4) is 0 Å². The minimum atomic E-state index is -1.45. The molecule has 4 atom stereocenters. The Morgan fingerprint density at radius 1 is 0.914 bits per heavy atom. The lowest BCUT2D eigenvalue weighted by atomic mass is 10.0. The Morgan fingerprint density at radius 3 is 2.11 bits per heavy atom. The van der Waals surface area contributed by atoms with Crippen LogP contribution in [0.25, 0.3) is 10.9 Å². The third-order valence-corrected chi connectivity index (χ3v) is 5.40. The zero-order valence-electron chi connectivity index (χ0n) is 19.7. The summed E-state index contributed by atoms with van der Waals surface area (Å²) in [7, 11) is 0. The van der Waals surface area contributed by atoms with Crippen molar-refractivity contribution in [1.29, 1.82) is 0 Å². The number of carboxylic acids is 1. The Kier molecular flexibility index (Phi) is 10.2. The van der Waals surface area contributed by atoms with Gasteiger partial charge in [-0.05, 0) is 24.0 Å². The van der Waals surface area contributed by atoms with Crippen molar-refractivity contribution in [3.05, 3.63) is 36.0 Å². The van der Waals surface area contributed by atoms with E-state index in [1.165, 1.54) is 0 Å². The number of nitrogens with two attached hydrogens (primary N) is 1. The van der Waals surface area contributed by atoms with Gasteiger partial charge in [0, 0.05) is 23.5 Å². The molecule has 1 heterocycles. The normalized spacial score (nSPS) is 14.7. The molecule has 0 saturated heterocycles. The van der Waals surface area contributed by atoms with Crippen molar-refractivity contribution >= 4 is 34.6 Å². The number of carbonyl (C=O) groups is 4. The first-order valence-corrected chi connectivity index (χ1v) is 11.2. The summed E-state index contributed by atoms with van der Waals surface area (Å²) in [5, 5.41) is 36.2. The topological polar surface area (TPSA) is 207 Å². The Morgan fingerprint density at radius 2 is 1.51 bits per heavy atom. The molecule has 35 heavy (non-hydrogen) atoms. The lowest BCUT2D eigenvalue weighted by molar-refractivity contribution is -0.143. The van der Waals surface area contributed by atoms with Gasteiger partial charge in [-0.2, -0.15) is 0 Å².